The van der Waals surface area contributed by atoms with Gasteiger partial charge in [-0.3, -0.25) is 48.8 Å². The predicted molar refractivity (Wildman–Crippen MR) is 311 cm³/mol. The van der Waals surface area contributed by atoms with E-state index in [-0.39, 0.29) is 95.1 Å². The summed E-state index contributed by atoms with van der Waals surface area (Å²) >= 11 is 1.23. The standard InChI is InChI=1S/C36H40N6O6S.C26H28N4O4/c1-18-12-21-13-24-26(15-37)42-25(30(41(24)4)28(21)32(44)34(18)47-5)14-23-29(33(45)35(48-6)19(2)31(23)43)27(42)16-38-36(46)20(3)39-17-49-40-22-10-8-7-9-11-22;1-11-6-13-7-15-17(9-27)30-16(22(29(15)3)19(13)24(32)25(11)33-4)8-14-20-18(30)10-28-21(20)26(34-5)12(2)23(14)31/h7-12,17,20,24-27,30,40,44H,13-14,16H2,1-6H3,(H,38,46);6,15-18,22,32H,7-8,10H2,1-5H3/t20?,24-,25?,26-,27-,30-;15-,16?,17-,18?,22-/m00/s1. The van der Waals surface area contributed by atoms with Gasteiger partial charge in [-0.25, -0.2) is 0 Å². The Labute approximate surface area is 486 Å². The molecule has 0 spiro atoms. The third-order valence-corrected chi connectivity index (χ3v) is 19.3. The van der Waals surface area contributed by atoms with E-state index in [0.717, 1.165) is 50.4 Å². The summed E-state index contributed by atoms with van der Waals surface area (Å²) in [4.78, 5) is 72.6. The summed E-state index contributed by atoms with van der Waals surface area (Å²) in [6.07, 6.45) is 1.80. The molecule has 2 fully saturated rings. The van der Waals surface area contributed by atoms with Crippen LogP contribution in [-0.2, 0) is 41.5 Å². The quantitative estimate of drug-likeness (QED) is 0.0763. The summed E-state index contributed by atoms with van der Waals surface area (Å²) in [6.45, 7) is 9.29. The third kappa shape index (κ3) is 8.84. The van der Waals surface area contributed by atoms with Gasteiger partial charge in [0.15, 0.2) is 46.1 Å². The van der Waals surface area contributed by atoms with Crippen molar-refractivity contribution in [3.05, 3.63) is 121 Å². The monoisotopic (exact) mass is 1140 g/mol. The average molecular weight is 1150 g/mol. The van der Waals surface area contributed by atoms with E-state index in [1.165, 1.54) is 26.2 Å². The fourth-order valence-electron chi connectivity index (χ4n) is 15.1. The molecule has 432 valence electrons. The van der Waals surface area contributed by atoms with Crippen LogP contribution >= 0.6 is 11.9 Å². The van der Waals surface area contributed by atoms with Crippen LogP contribution in [-0.4, -0.2) is 174 Å². The number of methoxy groups -OCH3 is 4. The number of ketones is 3. The van der Waals surface area contributed by atoms with Crippen molar-refractivity contribution in [3.63, 3.8) is 0 Å². The Kier molecular flexibility index (Phi) is 15.2. The van der Waals surface area contributed by atoms with Gasteiger partial charge in [-0.2, -0.15) is 10.5 Å². The summed E-state index contributed by atoms with van der Waals surface area (Å²) in [7, 11) is 9.97. The number of para-hydroxylation sites is 1. The van der Waals surface area contributed by atoms with Crippen LogP contribution in [0.15, 0.2) is 97.4 Å². The Morgan fingerprint density at radius 3 is 1.80 bits per heavy atom. The van der Waals surface area contributed by atoms with Crippen molar-refractivity contribution in [3.8, 4) is 35.1 Å². The molecule has 83 heavy (non-hydrogen) atoms. The molecule has 1 amide bonds. The molecular weight excluding hydrogens is 1080 g/mol. The van der Waals surface area contributed by atoms with Gasteiger partial charge < -0.3 is 39.2 Å². The number of phenols is 2. The number of hydrogen-bond acceptors (Lipinski definition) is 20. The van der Waals surface area contributed by atoms with E-state index in [9.17, 15) is 39.9 Å². The molecule has 0 saturated carbocycles. The van der Waals surface area contributed by atoms with E-state index in [1.54, 1.807) is 40.5 Å². The SMILES string of the molecule is COC1=C(C)C(=O)C2=C(C1=O)[C@H](CNC(=O)C(C)N=CSNc1ccccc1)N1C(C2)[C@H]2c3c(cc(C)c(OC)c3O)C[C@@H]([C@@H]1C#N)N2C.COC1=C(C)C(=O)C2=C3C1=NCC3N1C(C2)[C@H]2c3c(cc(C)c(OC)c3O)C[C@@H]([C@@H]1C#N)N2C. The fourth-order valence-corrected chi connectivity index (χ4v) is 15.7. The number of Topliss-reactive ketones (excluding diaryl/α,β-unsaturated/α-hetero) is 3. The number of allylic oxidation sites excluding steroid dienone is 4. The number of nitriles is 2. The zero-order valence-electron chi connectivity index (χ0n) is 48.4. The van der Waals surface area contributed by atoms with Gasteiger partial charge in [0.1, 0.15) is 23.8 Å². The molecule has 4 N–H and O–H groups in total. The zero-order valence-corrected chi connectivity index (χ0v) is 49.2. The predicted octanol–water partition coefficient (Wildman–Crippen LogP) is 5.83. The second-order valence-electron chi connectivity index (χ2n) is 22.7. The Bertz CT molecular complexity index is 3580. The number of hydrogen-bond donors (Lipinski definition) is 4. The number of carbonyl (C=O) groups excluding carboxylic acids is 4. The maximum absolute atomic E-state index is 14.1. The van der Waals surface area contributed by atoms with E-state index >= 15 is 0 Å². The molecule has 2 saturated heterocycles. The topological polar surface area (TPSA) is 255 Å². The highest BCUT2D eigenvalue weighted by Gasteiger charge is 2.60. The lowest BCUT2D eigenvalue weighted by atomic mass is 9.69. The molecule has 21 heteroatoms. The van der Waals surface area contributed by atoms with Crippen molar-refractivity contribution in [1.82, 2.24) is 24.9 Å². The van der Waals surface area contributed by atoms with Gasteiger partial charge in [-0.05, 0) is 121 Å². The number of aliphatic imine (C=N–C) groups is 2. The molecule has 0 aromatic heterocycles. The van der Waals surface area contributed by atoms with Crippen LogP contribution in [0.4, 0.5) is 5.69 Å². The molecule has 2 aliphatic carbocycles. The van der Waals surface area contributed by atoms with E-state index < -0.39 is 36.0 Å². The van der Waals surface area contributed by atoms with E-state index in [4.69, 9.17) is 23.9 Å². The Morgan fingerprint density at radius 1 is 0.747 bits per heavy atom. The van der Waals surface area contributed by atoms with Gasteiger partial charge in [0, 0.05) is 81.0 Å². The first-order chi connectivity index (χ1) is 39.9. The largest absolute Gasteiger partial charge is 0.504 e. The molecule has 9 aliphatic rings. The highest BCUT2D eigenvalue weighted by atomic mass is 32.2. The lowest BCUT2D eigenvalue weighted by molar-refractivity contribution is -0.125. The van der Waals surface area contributed by atoms with Crippen molar-refractivity contribution >= 4 is 52.2 Å². The van der Waals surface area contributed by atoms with Gasteiger partial charge >= 0.3 is 0 Å². The molecule has 4 bridgehead atoms. The van der Waals surface area contributed by atoms with Gasteiger partial charge in [-0.1, -0.05) is 30.3 Å². The van der Waals surface area contributed by atoms with Crippen LogP contribution in [0, 0.1) is 36.5 Å². The number of phenolic OH excluding ortho intramolecular Hbond substituents is 2. The van der Waals surface area contributed by atoms with E-state index in [0.29, 0.717) is 59.8 Å². The van der Waals surface area contributed by atoms with Crippen LogP contribution in [0.1, 0.15) is 79.1 Å². The third-order valence-electron chi connectivity index (χ3n) is 18.7. The normalized spacial score (nSPS) is 28.3. The molecule has 20 nitrogen and oxygen atoms in total. The Balaban J connectivity index is 0.000000185. The number of ether oxygens (including phenoxy) is 4. The highest BCUT2D eigenvalue weighted by Crippen LogP contribution is 2.56. The number of nitrogens with zero attached hydrogens (tertiary/aromatic N) is 8. The number of anilines is 1. The molecule has 4 unspecified atom stereocenters. The molecule has 3 aromatic carbocycles. The smallest absolute Gasteiger partial charge is 0.244 e. The summed E-state index contributed by atoms with van der Waals surface area (Å²) in [5.41, 5.74) is 11.5. The number of nitrogens with one attached hydrogen (secondary N) is 2. The minimum Gasteiger partial charge on any atom is -0.504 e. The first-order valence-electron chi connectivity index (χ1n) is 27.8. The fraction of sp³-hybridized carbons (Fsp3) is 0.452. The highest BCUT2D eigenvalue weighted by molar-refractivity contribution is 8.13. The van der Waals surface area contributed by atoms with Crippen LogP contribution in [0.3, 0.4) is 0 Å². The summed E-state index contributed by atoms with van der Waals surface area (Å²) in [5, 5.41) is 47.0. The first kappa shape index (κ1) is 57.0. The number of amides is 1. The lowest BCUT2D eigenvalue weighted by Crippen LogP contribution is -2.71. The summed E-state index contributed by atoms with van der Waals surface area (Å²) in [5.74, 6) is 0.462. The number of benzene rings is 3. The number of likely N-dealkylation sites (N-methyl/N-ethyl adjacent to an activating group) is 2. The number of piperazine rings is 2. The number of aromatic hydroxyl groups is 2. The van der Waals surface area contributed by atoms with Gasteiger partial charge in [0.05, 0.1) is 76.8 Å². The van der Waals surface area contributed by atoms with Crippen molar-refractivity contribution in [2.45, 2.75) is 127 Å². The maximum Gasteiger partial charge on any atom is 0.244 e. The number of aryl methyl sites for hydroxylation is 2. The van der Waals surface area contributed by atoms with Gasteiger partial charge in [0.25, 0.3) is 0 Å². The molecule has 3 aromatic rings. The van der Waals surface area contributed by atoms with Crippen molar-refractivity contribution < 1.29 is 48.3 Å². The van der Waals surface area contributed by atoms with Crippen LogP contribution < -0.4 is 19.5 Å². The van der Waals surface area contributed by atoms with Crippen LogP contribution in [0.25, 0.3) is 0 Å². The number of rotatable bonds is 11. The second kappa shape index (κ2) is 22.1. The summed E-state index contributed by atoms with van der Waals surface area (Å²) in [6, 6.07) is 14.4. The molecule has 7 heterocycles. The first-order valence-corrected chi connectivity index (χ1v) is 28.7. The van der Waals surface area contributed by atoms with Crippen molar-refractivity contribution in [1.29, 1.82) is 10.5 Å². The minimum atomic E-state index is -0.822. The molecule has 11 atom stereocenters. The number of carbonyl (C=O) groups is 4. The molecular formula is C62H68N10O10S. The molecule has 12 rings (SSSR count). The van der Waals surface area contributed by atoms with Crippen LogP contribution in [0.5, 0.6) is 23.0 Å². The lowest BCUT2D eigenvalue weighted by Gasteiger charge is -2.60. The molecule has 7 aliphatic heterocycles. The van der Waals surface area contributed by atoms with E-state index in [2.05, 4.69) is 47.9 Å². The van der Waals surface area contributed by atoms with Gasteiger partial charge in [-0.15, -0.1) is 0 Å². The average Bonchev–Trinajstić information content (AvgIpc) is 1.79. The minimum absolute atomic E-state index is 0.00243. The Hall–Kier alpha value is -7.79. The van der Waals surface area contributed by atoms with E-state index in [1.807, 2.05) is 69.2 Å². The number of fused-ring (bicyclic) bond motifs is 13. The summed E-state index contributed by atoms with van der Waals surface area (Å²) < 4.78 is 25.3. The van der Waals surface area contributed by atoms with Gasteiger partial charge in [0.2, 0.25) is 11.7 Å². The van der Waals surface area contributed by atoms with Crippen molar-refractivity contribution in [2.75, 3.05) is 60.3 Å². The second-order valence-corrected chi connectivity index (χ2v) is 23.4. The zero-order chi connectivity index (χ0) is 59.2. The van der Waals surface area contributed by atoms with Crippen LogP contribution in [0.2, 0.25) is 0 Å². The van der Waals surface area contributed by atoms with Crippen molar-refractivity contribution in [2.24, 2.45) is 9.98 Å². The Morgan fingerprint density at radius 2 is 1.27 bits per heavy atom. The maximum atomic E-state index is 14.1. The molecule has 0 radical (unpaired) electrons.